The summed E-state index contributed by atoms with van der Waals surface area (Å²) >= 11 is 0. The Kier molecular flexibility index (Phi) is 5.23. The van der Waals surface area contributed by atoms with Crippen molar-refractivity contribution in [3.8, 4) is 0 Å². The minimum atomic E-state index is -1.83. The van der Waals surface area contributed by atoms with E-state index in [0.717, 1.165) is 17.0 Å². The molecule has 2 N–H and O–H groups in total. The molecule has 27 heavy (non-hydrogen) atoms. The van der Waals surface area contributed by atoms with Gasteiger partial charge in [0.15, 0.2) is 5.60 Å². The summed E-state index contributed by atoms with van der Waals surface area (Å²) in [6.07, 6.45) is 1.59. The summed E-state index contributed by atoms with van der Waals surface area (Å²) in [5.74, 6) is -0.610. The molecule has 1 heterocycles. The number of hydrogen-bond donors (Lipinski definition) is 2. The number of nitrogens with one attached hydrogen (secondary N) is 1. The van der Waals surface area contributed by atoms with Gasteiger partial charge in [0.1, 0.15) is 0 Å². The van der Waals surface area contributed by atoms with Gasteiger partial charge in [0.25, 0.3) is 5.91 Å². The van der Waals surface area contributed by atoms with E-state index in [4.69, 9.17) is 0 Å². The fraction of sp³-hybridized carbons (Fsp3) is 0.182. The van der Waals surface area contributed by atoms with Crippen molar-refractivity contribution >= 4 is 12.1 Å². The van der Waals surface area contributed by atoms with Crippen LogP contribution in [0.2, 0.25) is 0 Å². The first-order valence-corrected chi connectivity index (χ1v) is 8.74. The Bertz CT molecular complexity index is 920. The number of benzene rings is 2. The fourth-order valence-electron chi connectivity index (χ4n) is 3.04. The number of hydrogen-bond acceptors (Lipinski definition) is 3. The van der Waals surface area contributed by atoms with Crippen LogP contribution in [0.25, 0.3) is 0 Å². The second kappa shape index (κ2) is 7.60. The van der Waals surface area contributed by atoms with Crippen LogP contribution in [0.4, 0.5) is 0 Å². The molecule has 0 saturated heterocycles. The first kappa shape index (κ1) is 18.6. The maximum Gasteiger partial charge on any atom is 0.281 e. The normalized spacial score (nSPS) is 11.7. The smallest absolute Gasteiger partial charge is 0.281 e. The molecule has 2 aromatic carbocycles. The summed E-state index contributed by atoms with van der Waals surface area (Å²) in [6.45, 7) is 3.99. The van der Waals surface area contributed by atoms with E-state index >= 15 is 0 Å². The van der Waals surface area contributed by atoms with Gasteiger partial charge in [-0.2, -0.15) is 5.10 Å². The molecule has 5 nitrogen and oxygen atoms in total. The Labute approximate surface area is 159 Å². The van der Waals surface area contributed by atoms with E-state index < -0.39 is 11.5 Å². The molecule has 0 bridgehead atoms. The van der Waals surface area contributed by atoms with Crippen molar-refractivity contribution in [2.75, 3.05) is 0 Å². The molecule has 0 fully saturated rings. The van der Waals surface area contributed by atoms with Crippen molar-refractivity contribution in [3.63, 3.8) is 0 Å². The van der Waals surface area contributed by atoms with E-state index in [-0.39, 0.29) is 0 Å². The van der Waals surface area contributed by atoms with E-state index in [2.05, 4.69) is 10.5 Å². The van der Waals surface area contributed by atoms with Gasteiger partial charge in [-0.3, -0.25) is 4.79 Å². The van der Waals surface area contributed by atoms with Crippen LogP contribution in [0.1, 0.15) is 28.1 Å². The summed E-state index contributed by atoms with van der Waals surface area (Å²) in [7, 11) is 1.98. The molecule has 0 radical (unpaired) electrons. The topological polar surface area (TPSA) is 66.6 Å². The van der Waals surface area contributed by atoms with Gasteiger partial charge in [-0.25, -0.2) is 5.43 Å². The van der Waals surface area contributed by atoms with E-state index in [1.54, 1.807) is 54.7 Å². The molecule has 0 aliphatic rings. The monoisotopic (exact) mass is 361 g/mol. The Morgan fingerprint density at radius 2 is 1.56 bits per heavy atom. The SMILES string of the molecule is Cc1cc(/C=N\NC(=O)C(O)(c2ccccc2)c2ccccc2)c(C)n1C. The quantitative estimate of drug-likeness (QED) is 0.542. The lowest BCUT2D eigenvalue weighted by Gasteiger charge is -2.27. The number of hydrazone groups is 1. The van der Waals surface area contributed by atoms with Crippen molar-refractivity contribution in [1.82, 2.24) is 9.99 Å². The molecular formula is C22H23N3O2. The number of rotatable bonds is 5. The van der Waals surface area contributed by atoms with Crippen LogP contribution < -0.4 is 5.43 Å². The molecule has 0 spiro atoms. The summed E-state index contributed by atoms with van der Waals surface area (Å²) in [5.41, 5.74) is 4.69. The number of carbonyl (C=O) groups is 1. The van der Waals surface area contributed by atoms with Crippen LogP contribution in [0.3, 0.4) is 0 Å². The maximum absolute atomic E-state index is 12.9. The third-order valence-electron chi connectivity index (χ3n) is 4.90. The molecule has 1 aromatic heterocycles. The van der Waals surface area contributed by atoms with Crippen molar-refractivity contribution < 1.29 is 9.90 Å². The van der Waals surface area contributed by atoms with Gasteiger partial charge < -0.3 is 9.67 Å². The van der Waals surface area contributed by atoms with Gasteiger partial charge in [-0.15, -0.1) is 0 Å². The molecule has 0 unspecified atom stereocenters. The number of aromatic nitrogens is 1. The van der Waals surface area contributed by atoms with Crippen molar-refractivity contribution in [3.05, 3.63) is 94.8 Å². The second-order valence-corrected chi connectivity index (χ2v) is 6.53. The van der Waals surface area contributed by atoms with Crippen LogP contribution in [-0.2, 0) is 17.4 Å². The molecule has 3 rings (SSSR count). The molecular weight excluding hydrogens is 338 g/mol. The highest BCUT2D eigenvalue weighted by atomic mass is 16.3. The number of aryl methyl sites for hydroxylation is 1. The van der Waals surface area contributed by atoms with Gasteiger partial charge >= 0.3 is 0 Å². The standard InChI is InChI=1S/C22H23N3O2/c1-16-14-18(17(2)25(16)3)15-23-24-21(26)22(27,19-10-6-4-7-11-19)20-12-8-5-9-13-20/h4-15,27H,1-3H3,(H,24,26)/b23-15-. The zero-order valence-electron chi connectivity index (χ0n) is 15.7. The molecule has 138 valence electrons. The van der Waals surface area contributed by atoms with Crippen LogP contribution in [-0.4, -0.2) is 21.8 Å². The highest BCUT2D eigenvalue weighted by Gasteiger charge is 2.39. The third-order valence-corrected chi connectivity index (χ3v) is 4.90. The summed E-state index contributed by atoms with van der Waals surface area (Å²) in [6, 6.07) is 19.7. The average molecular weight is 361 g/mol. The Morgan fingerprint density at radius 3 is 2.00 bits per heavy atom. The van der Waals surface area contributed by atoms with Gasteiger partial charge in [-0.05, 0) is 31.0 Å². The van der Waals surface area contributed by atoms with E-state index in [9.17, 15) is 9.90 Å². The van der Waals surface area contributed by atoms with Crippen LogP contribution in [0, 0.1) is 13.8 Å². The van der Waals surface area contributed by atoms with Crippen LogP contribution in [0.5, 0.6) is 0 Å². The average Bonchev–Trinajstić information content (AvgIpc) is 2.95. The Hall–Kier alpha value is -3.18. The minimum absolute atomic E-state index is 0.482. The summed E-state index contributed by atoms with van der Waals surface area (Å²) < 4.78 is 2.05. The first-order chi connectivity index (χ1) is 12.9. The lowest BCUT2D eigenvalue weighted by molar-refractivity contribution is -0.136. The molecule has 0 atom stereocenters. The summed E-state index contributed by atoms with van der Waals surface area (Å²) in [4.78, 5) is 12.9. The molecule has 0 saturated carbocycles. The second-order valence-electron chi connectivity index (χ2n) is 6.53. The van der Waals surface area contributed by atoms with Gasteiger partial charge in [-0.1, -0.05) is 60.7 Å². The third kappa shape index (κ3) is 3.55. The number of carbonyl (C=O) groups excluding carboxylic acids is 1. The van der Waals surface area contributed by atoms with Crippen LogP contribution >= 0.6 is 0 Å². The summed E-state index contributed by atoms with van der Waals surface area (Å²) in [5, 5.41) is 15.4. The van der Waals surface area contributed by atoms with Crippen molar-refractivity contribution in [1.29, 1.82) is 0 Å². The van der Waals surface area contributed by atoms with E-state index in [1.165, 1.54) is 0 Å². The lowest BCUT2D eigenvalue weighted by Crippen LogP contribution is -2.43. The molecule has 3 aromatic rings. The predicted molar refractivity (Wildman–Crippen MR) is 107 cm³/mol. The molecule has 5 heteroatoms. The molecule has 1 amide bonds. The van der Waals surface area contributed by atoms with Gasteiger partial charge in [0, 0.05) is 24.0 Å². The van der Waals surface area contributed by atoms with Crippen molar-refractivity contribution in [2.45, 2.75) is 19.4 Å². The van der Waals surface area contributed by atoms with Crippen molar-refractivity contribution in [2.24, 2.45) is 12.1 Å². The van der Waals surface area contributed by atoms with Gasteiger partial charge in [0.05, 0.1) is 6.21 Å². The lowest BCUT2D eigenvalue weighted by atomic mass is 9.85. The fourth-order valence-corrected chi connectivity index (χ4v) is 3.04. The van der Waals surface area contributed by atoms with Gasteiger partial charge in [0.2, 0.25) is 0 Å². The molecule has 0 aliphatic heterocycles. The Morgan fingerprint density at radius 1 is 1.04 bits per heavy atom. The number of amides is 1. The predicted octanol–water partition coefficient (Wildman–Crippen LogP) is 3.03. The minimum Gasteiger partial charge on any atom is -0.372 e. The first-order valence-electron chi connectivity index (χ1n) is 8.74. The highest BCUT2D eigenvalue weighted by Crippen LogP contribution is 2.29. The zero-order valence-corrected chi connectivity index (χ0v) is 15.7. The highest BCUT2D eigenvalue weighted by molar-refractivity contribution is 5.91. The van der Waals surface area contributed by atoms with E-state index in [1.807, 2.05) is 43.7 Å². The maximum atomic E-state index is 12.9. The number of nitrogens with zero attached hydrogens (tertiary/aromatic N) is 2. The molecule has 0 aliphatic carbocycles. The largest absolute Gasteiger partial charge is 0.372 e. The van der Waals surface area contributed by atoms with Crippen LogP contribution in [0.15, 0.2) is 71.8 Å². The Balaban J connectivity index is 1.90. The zero-order chi connectivity index (χ0) is 19.4. The number of aliphatic hydroxyl groups is 1. The van der Waals surface area contributed by atoms with E-state index in [0.29, 0.717) is 11.1 Å².